The minimum absolute atomic E-state index is 0.779. The number of para-hydroxylation sites is 1. The van der Waals surface area contributed by atoms with Crippen LogP contribution in [0.5, 0.6) is 0 Å². The number of rotatable bonds is 4. The summed E-state index contributed by atoms with van der Waals surface area (Å²) in [6, 6.07) is 16.5. The summed E-state index contributed by atoms with van der Waals surface area (Å²) in [6.45, 7) is 4.70. The molecule has 0 saturated carbocycles. The molecule has 7 heteroatoms. The number of aromatic nitrogens is 3. The lowest BCUT2D eigenvalue weighted by atomic mass is 10.2. The van der Waals surface area contributed by atoms with Crippen LogP contribution in [0.25, 0.3) is 5.65 Å². The van der Waals surface area contributed by atoms with Crippen LogP contribution in [-0.4, -0.2) is 65.2 Å². The van der Waals surface area contributed by atoms with Gasteiger partial charge in [-0.2, -0.15) is 0 Å². The minimum atomic E-state index is 0.779. The summed E-state index contributed by atoms with van der Waals surface area (Å²) in [5.41, 5.74) is 2.17. The van der Waals surface area contributed by atoms with Crippen LogP contribution in [0.3, 0.4) is 0 Å². The van der Waals surface area contributed by atoms with Crippen LogP contribution >= 0.6 is 0 Å². The van der Waals surface area contributed by atoms with E-state index in [1.54, 1.807) is 0 Å². The molecule has 7 nitrogen and oxygen atoms in total. The molecule has 0 amide bonds. The average molecular weight is 363 g/mol. The van der Waals surface area contributed by atoms with Gasteiger partial charge in [0.15, 0.2) is 11.6 Å². The van der Waals surface area contributed by atoms with E-state index in [1.165, 1.54) is 5.69 Å². The molecule has 27 heavy (non-hydrogen) atoms. The molecular weight excluding hydrogens is 338 g/mol. The number of pyridine rings is 1. The van der Waals surface area contributed by atoms with E-state index >= 15 is 0 Å². The fraction of sp³-hybridized carbons (Fsp3) is 0.350. The van der Waals surface area contributed by atoms with Crippen molar-refractivity contribution in [3.63, 3.8) is 0 Å². The number of hydrogen-bond donors (Lipinski definition) is 1. The number of nitrogens with one attached hydrogen (secondary N) is 1. The van der Waals surface area contributed by atoms with Gasteiger partial charge in [-0.05, 0) is 24.3 Å². The van der Waals surface area contributed by atoms with Crippen LogP contribution in [0.15, 0.2) is 59.7 Å². The molecule has 3 heterocycles. The third kappa shape index (κ3) is 3.86. The molecule has 1 aromatic carbocycles. The van der Waals surface area contributed by atoms with E-state index in [0.29, 0.717) is 0 Å². The molecule has 0 radical (unpaired) electrons. The summed E-state index contributed by atoms with van der Waals surface area (Å²) in [6.07, 6.45) is 2.80. The summed E-state index contributed by atoms with van der Waals surface area (Å²) in [5.74, 6) is 1.92. The zero-order chi connectivity index (χ0) is 18.5. The lowest BCUT2D eigenvalue weighted by molar-refractivity contribution is 0.373. The molecule has 1 aliphatic heterocycles. The Bertz CT molecular complexity index is 895. The van der Waals surface area contributed by atoms with Crippen LogP contribution in [0.4, 0.5) is 5.69 Å². The van der Waals surface area contributed by atoms with Gasteiger partial charge in [-0.1, -0.05) is 24.3 Å². The van der Waals surface area contributed by atoms with Gasteiger partial charge in [0.05, 0.1) is 0 Å². The van der Waals surface area contributed by atoms with E-state index in [-0.39, 0.29) is 0 Å². The molecule has 2 aromatic heterocycles. The third-order valence-corrected chi connectivity index (χ3v) is 4.93. The molecule has 4 rings (SSSR count). The second kappa shape index (κ2) is 8.07. The van der Waals surface area contributed by atoms with Gasteiger partial charge in [0, 0.05) is 58.1 Å². The number of benzene rings is 1. The fourth-order valence-electron chi connectivity index (χ4n) is 3.50. The molecule has 1 aliphatic rings. The topological polar surface area (TPSA) is 61.1 Å². The Morgan fingerprint density at radius 2 is 1.78 bits per heavy atom. The molecule has 0 atom stereocenters. The molecule has 0 spiro atoms. The smallest absolute Gasteiger partial charge is 0.193 e. The Kier molecular flexibility index (Phi) is 5.18. The number of piperazine rings is 1. The van der Waals surface area contributed by atoms with Gasteiger partial charge in [-0.15, -0.1) is 10.2 Å². The van der Waals surface area contributed by atoms with Crippen molar-refractivity contribution in [1.29, 1.82) is 0 Å². The highest BCUT2D eigenvalue weighted by Gasteiger charge is 2.19. The highest BCUT2D eigenvalue weighted by molar-refractivity contribution is 5.80. The van der Waals surface area contributed by atoms with Gasteiger partial charge < -0.3 is 15.1 Å². The summed E-state index contributed by atoms with van der Waals surface area (Å²) in [5, 5.41) is 12.0. The first-order chi connectivity index (χ1) is 13.3. The number of fused-ring (bicyclic) bond motifs is 1. The monoisotopic (exact) mass is 363 g/mol. The fourth-order valence-corrected chi connectivity index (χ4v) is 3.50. The van der Waals surface area contributed by atoms with Crippen LogP contribution in [-0.2, 0) is 6.42 Å². The normalized spacial score (nSPS) is 15.4. The molecule has 0 unspecified atom stereocenters. The Morgan fingerprint density at radius 3 is 2.56 bits per heavy atom. The van der Waals surface area contributed by atoms with Crippen molar-refractivity contribution in [3.05, 3.63) is 60.6 Å². The maximum absolute atomic E-state index is 4.46. The number of aliphatic imine (C=N–C) groups is 1. The summed E-state index contributed by atoms with van der Waals surface area (Å²) in [4.78, 5) is 9.20. The van der Waals surface area contributed by atoms with Crippen molar-refractivity contribution < 1.29 is 0 Å². The third-order valence-electron chi connectivity index (χ3n) is 4.93. The van der Waals surface area contributed by atoms with E-state index in [2.05, 4.69) is 60.6 Å². The van der Waals surface area contributed by atoms with E-state index < -0.39 is 0 Å². The SMILES string of the molecule is CN=C(NCCc1nnc2ccccn12)N1CCN(c2ccccc2)CC1. The number of anilines is 1. The Hall–Kier alpha value is -3.09. The first-order valence-corrected chi connectivity index (χ1v) is 9.39. The summed E-state index contributed by atoms with van der Waals surface area (Å²) in [7, 11) is 1.85. The first-order valence-electron chi connectivity index (χ1n) is 9.39. The largest absolute Gasteiger partial charge is 0.368 e. The van der Waals surface area contributed by atoms with Gasteiger partial charge in [0.1, 0.15) is 5.82 Å². The quantitative estimate of drug-likeness (QED) is 0.564. The van der Waals surface area contributed by atoms with Crippen molar-refractivity contribution >= 4 is 17.3 Å². The number of guanidine groups is 1. The second-order valence-electron chi connectivity index (χ2n) is 6.58. The molecule has 1 saturated heterocycles. The van der Waals surface area contributed by atoms with Gasteiger partial charge in [0.2, 0.25) is 0 Å². The second-order valence-corrected chi connectivity index (χ2v) is 6.58. The van der Waals surface area contributed by atoms with Crippen molar-refractivity contribution in [2.45, 2.75) is 6.42 Å². The molecule has 1 fully saturated rings. The van der Waals surface area contributed by atoms with Gasteiger partial charge >= 0.3 is 0 Å². The van der Waals surface area contributed by atoms with Crippen molar-refractivity contribution in [1.82, 2.24) is 24.8 Å². The standard InChI is InChI=1S/C20H25N7/c1-21-20(22-11-10-19-24-23-18-9-5-6-12-27(18)19)26-15-13-25(14-16-26)17-7-3-2-4-8-17/h2-9,12H,10-11,13-16H2,1H3,(H,21,22). The van der Waals surface area contributed by atoms with E-state index in [4.69, 9.17) is 0 Å². The van der Waals surface area contributed by atoms with E-state index in [9.17, 15) is 0 Å². The highest BCUT2D eigenvalue weighted by atomic mass is 15.3. The summed E-state index contributed by atoms with van der Waals surface area (Å²) >= 11 is 0. The molecule has 1 N–H and O–H groups in total. The van der Waals surface area contributed by atoms with Crippen molar-refractivity contribution in [3.8, 4) is 0 Å². The number of hydrogen-bond acceptors (Lipinski definition) is 4. The van der Waals surface area contributed by atoms with Crippen molar-refractivity contribution in [2.24, 2.45) is 4.99 Å². The van der Waals surface area contributed by atoms with Crippen LogP contribution < -0.4 is 10.2 Å². The van der Waals surface area contributed by atoms with Crippen LogP contribution in [0.2, 0.25) is 0 Å². The zero-order valence-electron chi connectivity index (χ0n) is 15.6. The maximum Gasteiger partial charge on any atom is 0.193 e. The molecule has 0 bridgehead atoms. The Balaban J connectivity index is 1.30. The van der Waals surface area contributed by atoms with Gasteiger partial charge in [-0.3, -0.25) is 9.39 Å². The summed E-state index contributed by atoms with van der Waals surface area (Å²) < 4.78 is 2.03. The Morgan fingerprint density at radius 1 is 1.00 bits per heavy atom. The van der Waals surface area contributed by atoms with Gasteiger partial charge in [-0.25, -0.2) is 0 Å². The minimum Gasteiger partial charge on any atom is -0.368 e. The highest BCUT2D eigenvalue weighted by Crippen LogP contribution is 2.15. The molecule has 140 valence electrons. The van der Waals surface area contributed by atoms with Crippen LogP contribution in [0, 0.1) is 0 Å². The average Bonchev–Trinajstić information content (AvgIpc) is 3.15. The van der Waals surface area contributed by atoms with Crippen molar-refractivity contribution in [2.75, 3.05) is 44.7 Å². The Labute approximate surface area is 159 Å². The van der Waals surface area contributed by atoms with Crippen LogP contribution in [0.1, 0.15) is 5.82 Å². The predicted molar refractivity (Wildman–Crippen MR) is 108 cm³/mol. The zero-order valence-corrected chi connectivity index (χ0v) is 15.6. The molecule has 0 aliphatic carbocycles. The lowest BCUT2D eigenvalue weighted by Crippen LogP contribution is -2.52. The van der Waals surface area contributed by atoms with Gasteiger partial charge in [0.25, 0.3) is 0 Å². The first kappa shape index (κ1) is 17.3. The number of nitrogens with zero attached hydrogens (tertiary/aromatic N) is 6. The lowest BCUT2D eigenvalue weighted by Gasteiger charge is -2.37. The van der Waals surface area contributed by atoms with E-state index in [1.807, 2.05) is 35.8 Å². The predicted octanol–water partition coefficient (Wildman–Crippen LogP) is 1.67. The molecule has 3 aromatic rings. The maximum atomic E-state index is 4.46. The molecular formula is C20H25N7. The van der Waals surface area contributed by atoms with E-state index in [0.717, 1.165) is 56.6 Å².